The predicted molar refractivity (Wildman–Crippen MR) is 98.5 cm³/mol. The van der Waals surface area contributed by atoms with E-state index in [4.69, 9.17) is 11.6 Å². The molecule has 1 fully saturated rings. The summed E-state index contributed by atoms with van der Waals surface area (Å²) in [5.41, 5.74) is 7.10. The highest BCUT2D eigenvalue weighted by atomic mass is 35.5. The number of fused-ring (bicyclic) bond motifs is 1. The van der Waals surface area contributed by atoms with Gasteiger partial charge in [0.1, 0.15) is 0 Å². The Kier molecular flexibility index (Phi) is 3.73. The number of halogens is 1. The number of pyridine rings is 1. The van der Waals surface area contributed by atoms with E-state index in [1.54, 1.807) is 0 Å². The van der Waals surface area contributed by atoms with Crippen LogP contribution >= 0.6 is 11.6 Å². The van der Waals surface area contributed by atoms with Crippen molar-refractivity contribution in [1.29, 1.82) is 0 Å². The SMILES string of the molecule is CC1=NCC(C)=C1c1cc(C2CCCC2)c2cccnc2c1Cl. The molecule has 2 aromatic rings. The van der Waals surface area contributed by atoms with E-state index in [0.717, 1.165) is 28.4 Å². The second-order valence-corrected chi connectivity index (χ2v) is 7.14. The average Bonchev–Trinajstić information content (AvgIpc) is 3.19. The summed E-state index contributed by atoms with van der Waals surface area (Å²) in [6.45, 7) is 5.03. The lowest BCUT2D eigenvalue weighted by Gasteiger charge is -2.18. The molecule has 2 nitrogen and oxygen atoms in total. The molecule has 4 rings (SSSR count). The van der Waals surface area contributed by atoms with Crippen molar-refractivity contribution in [1.82, 2.24) is 4.98 Å². The van der Waals surface area contributed by atoms with Crippen molar-refractivity contribution in [3.8, 4) is 0 Å². The molecule has 0 bridgehead atoms. The van der Waals surface area contributed by atoms with Crippen molar-refractivity contribution in [2.45, 2.75) is 45.4 Å². The van der Waals surface area contributed by atoms with Crippen LogP contribution in [0, 0.1) is 0 Å². The summed E-state index contributed by atoms with van der Waals surface area (Å²) in [5, 5.41) is 1.99. The summed E-state index contributed by atoms with van der Waals surface area (Å²) in [6.07, 6.45) is 7.04. The third kappa shape index (κ3) is 2.40. The quantitative estimate of drug-likeness (QED) is 0.686. The second-order valence-electron chi connectivity index (χ2n) is 6.77. The van der Waals surface area contributed by atoms with E-state index in [1.807, 2.05) is 12.3 Å². The Balaban J connectivity index is 2.00. The topological polar surface area (TPSA) is 25.2 Å². The molecule has 2 aliphatic rings. The molecule has 0 spiro atoms. The number of aromatic nitrogens is 1. The standard InChI is InChI=1S/C20H21ClN2/c1-12-11-23-13(2)18(12)17-10-16(14-6-3-4-7-14)15-8-5-9-22-20(15)19(17)21/h5,8-10,14H,3-4,6-7,11H2,1-2H3. The normalized spacial score (nSPS) is 19.0. The molecule has 3 heteroatoms. The zero-order valence-corrected chi connectivity index (χ0v) is 14.5. The highest BCUT2D eigenvalue weighted by molar-refractivity contribution is 6.40. The summed E-state index contributed by atoms with van der Waals surface area (Å²) in [6, 6.07) is 6.51. The van der Waals surface area contributed by atoms with Crippen LogP contribution in [-0.2, 0) is 0 Å². The molecule has 0 radical (unpaired) electrons. The molecule has 0 unspecified atom stereocenters. The highest BCUT2D eigenvalue weighted by Crippen LogP contribution is 2.42. The Morgan fingerprint density at radius 2 is 1.96 bits per heavy atom. The lowest BCUT2D eigenvalue weighted by Crippen LogP contribution is -2.02. The largest absolute Gasteiger partial charge is 0.285 e. The minimum absolute atomic E-state index is 0.636. The zero-order chi connectivity index (χ0) is 16.0. The smallest absolute Gasteiger partial charge is 0.0897 e. The van der Waals surface area contributed by atoms with Crippen LogP contribution in [-0.4, -0.2) is 17.2 Å². The summed E-state index contributed by atoms with van der Waals surface area (Å²) >= 11 is 6.78. The van der Waals surface area contributed by atoms with Gasteiger partial charge in [-0.05, 0) is 55.9 Å². The Bertz CT molecular complexity index is 842. The fraction of sp³-hybridized carbons (Fsp3) is 0.400. The van der Waals surface area contributed by atoms with E-state index in [0.29, 0.717) is 5.92 Å². The maximum atomic E-state index is 6.78. The van der Waals surface area contributed by atoms with Crippen molar-refractivity contribution in [3.05, 3.63) is 46.1 Å². The number of hydrogen-bond donors (Lipinski definition) is 0. The van der Waals surface area contributed by atoms with Gasteiger partial charge in [-0.25, -0.2) is 0 Å². The Morgan fingerprint density at radius 1 is 1.17 bits per heavy atom. The van der Waals surface area contributed by atoms with Gasteiger partial charge in [0, 0.05) is 28.4 Å². The number of aliphatic imine (C=N–C) groups is 1. The first-order chi connectivity index (χ1) is 11.2. The molecule has 0 amide bonds. The first kappa shape index (κ1) is 14.9. The number of hydrogen-bond acceptors (Lipinski definition) is 2. The Morgan fingerprint density at radius 3 is 2.65 bits per heavy atom. The molecule has 1 saturated carbocycles. The van der Waals surface area contributed by atoms with E-state index < -0.39 is 0 Å². The second kappa shape index (κ2) is 5.76. The highest BCUT2D eigenvalue weighted by Gasteiger charge is 2.25. The van der Waals surface area contributed by atoms with E-state index in [2.05, 4.69) is 36.0 Å². The molecule has 2 heterocycles. The number of rotatable bonds is 2. The maximum absolute atomic E-state index is 6.78. The van der Waals surface area contributed by atoms with Crippen molar-refractivity contribution in [3.63, 3.8) is 0 Å². The molecule has 118 valence electrons. The third-order valence-electron chi connectivity index (χ3n) is 5.27. The van der Waals surface area contributed by atoms with E-state index in [1.165, 1.54) is 47.8 Å². The van der Waals surface area contributed by atoms with Crippen LogP contribution in [0.5, 0.6) is 0 Å². The third-order valence-corrected chi connectivity index (χ3v) is 5.65. The lowest BCUT2D eigenvalue weighted by atomic mass is 9.88. The summed E-state index contributed by atoms with van der Waals surface area (Å²) in [4.78, 5) is 9.19. The first-order valence-electron chi connectivity index (χ1n) is 8.45. The van der Waals surface area contributed by atoms with Gasteiger partial charge in [-0.15, -0.1) is 0 Å². The van der Waals surface area contributed by atoms with Crippen LogP contribution in [0.25, 0.3) is 16.5 Å². The summed E-state index contributed by atoms with van der Waals surface area (Å²) in [7, 11) is 0. The van der Waals surface area contributed by atoms with Gasteiger partial charge in [0.05, 0.1) is 17.1 Å². The molecular formula is C20H21ClN2. The number of nitrogens with zero attached hydrogens (tertiary/aromatic N) is 2. The van der Waals surface area contributed by atoms with Crippen LogP contribution in [0.15, 0.2) is 35.0 Å². The number of allylic oxidation sites excluding steroid dienone is 1. The van der Waals surface area contributed by atoms with Crippen LogP contribution in [0.1, 0.15) is 56.6 Å². The van der Waals surface area contributed by atoms with Gasteiger partial charge in [0.15, 0.2) is 0 Å². The minimum Gasteiger partial charge on any atom is -0.285 e. The molecule has 1 aromatic carbocycles. The predicted octanol–water partition coefficient (Wildman–Crippen LogP) is 5.79. The molecular weight excluding hydrogens is 304 g/mol. The first-order valence-corrected chi connectivity index (χ1v) is 8.83. The van der Waals surface area contributed by atoms with Crippen LogP contribution < -0.4 is 0 Å². The van der Waals surface area contributed by atoms with Crippen LogP contribution in [0.3, 0.4) is 0 Å². The minimum atomic E-state index is 0.636. The fourth-order valence-corrected chi connectivity index (χ4v) is 4.42. The molecule has 0 N–H and O–H groups in total. The Labute approximate surface area is 142 Å². The zero-order valence-electron chi connectivity index (χ0n) is 13.7. The fourth-order valence-electron chi connectivity index (χ4n) is 4.12. The summed E-state index contributed by atoms with van der Waals surface area (Å²) in [5.74, 6) is 0.636. The summed E-state index contributed by atoms with van der Waals surface area (Å²) < 4.78 is 0. The van der Waals surface area contributed by atoms with Crippen LogP contribution in [0.4, 0.5) is 0 Å². The number of benzene rings is 1. The average molecular weight is 325 g/mol. The molecule has 1 aliphatic heterocycles. The molecule has 23 heavy (non-hydrogen) atoms. The van der Waals surface area contributed by atoms with Gasteiger partial charge in [0.2, 0.25) is 0 Å². The lowest BCUT2D eigenvalue weighted by molar-refractivity contribution is 0.729. The van der Waals surface area contributed by atoms with Crippen molar-refractivity contribution >= 4 is 33.8 Å². The molecule has 0 saturated heterocycles. The molecule has 0 atom stereocenters. The molecule has 1 aliphatic carbocycles. The van der Waals surface area contributed by atoms with Gasteiger partial charge < -0.3 is 0 Å². The van der Waals surface area contributed by atoms with Gasteiger partial charge in [-0.3, -0.25) is 9.98 Å². The maximum Gasteiger partial charge on any atom is 0.0897 e. The van der Waals surface area contributed by atoms with Crippen molar-refractivity contribution in [2.24, 2.45) is 4.99 Å². The van der Waals surface area contributed by atoms with E-state index in [-0.39, 0.29) is 0 Å². The van der Waals surface area contributed by atoms with Crippen molar-refractivity contribution < 1.29 is 0 Å². The van der Waals surface area contributed by atoms with Gasteiger partial charge in [-0.1, -0.05) is 30.5 Å². The van der Waals surface area contributed by atoms with Crippen LogP contribution in [0.2, 0.25) is 5.02 Å². The Hall–Kier alpha value is -1.67. The molecule has 1 aromatic heterocycles. The van der Waals surface area contributed by atoms with Gasteiger partial charge >= 0.3 is 0 Å². The monoisotopic (exact) mass is 324 g/mol. The van der Waals surface area contributed by atoms with E-state index in [9.17, 15) is 0 Å². The van der Waals surface area contributed by atoms with Gasteiger partial charge in [0.25, 0.3) is 0 Å². The van der Waals surface area contributed by atoms with Crippen molar-refractivity contribution in [2.75, 3.05) is 6.54 Å². The van der Waals surface area contributed by atoms with Gasteiger partial charge in [-0.2, -0.15) is 0 Å². The van der Waals surface area contributed by atoms with E-state index >= 15 is 0 Å².